The van der Waals surface area contributed by atoms with Crippen LogP contribution >= 0.6 is 0 Å². The van der Waals surface area contributed by atoms with Crippen LogP contribution in [0.4, 0.5) is 0 Å². The van der Waals surface area contributed by atoms with Gasteiger partial charge in [0.2, 0.25) is 0 Å². The summed E-state index contributed by atoms with van der Waals surface area (Å²) in [7, 11) is -4.25. The first kappa shape index (κ1) is 16.3. The van der Waals surface area contributed by atoms with Crippen LogP contribution < -0.4 is 29.6 Å². The summed E-state index contributed by atoms with van der Waals surface area (Å²) in [5.74, 6) is 0. The van der Waals surface area contributed by atoms with Gasteiger partial charge in [0, 0.05) is 0 Å². The van der Waals surface area contributed by atoms with E-state index in [4.69, 9.17) is 0 Å². The van der Waals surface area contributed by atoms with Gasteiger partial charge in [0.25, 0.3) is 0 Å². The zero-order valence-electron chi connectivity index (χ0n) is 8.30. The SMILES string of the molecule is C=CC.O=S(=O)([O-])c1ccccc1.[Na+]. The van der Waals surface area contributed by atoms with E-state index in [1.54, 1.807) is 12.1 Å². The summed E-state index contributed by atoms with van der Waals surface area (Å²) < 4.78 is 30.8. The molecule has 0 N–H and O–H groups in total. The Hall–Kier alpha value is -0.130. The molecule has 0 saturated heterocycles. The van der Waals surface area contributed by atoms with Crippen molar-refractivity contribution in [2.75, 3.05) is 0 Å². The zero-order valence-corrected chi connectivity index (χ0v) is 11.1. The molecule has 0 spiro atoms. The van der Waals surface area contributed by atoms with Gasteiger partial charge in [0.1, 0.15) is 10.1 Å². The third kappa shape index (κ3) is 7.29. The summed E-state index contributed by atoms with van der Waals surface area (Å²) in [6.45, 7) is 5.25. The summed E-state index contributed by atoms with van der Waals surface area (Å²) in [6.07, 6.45) is 1.75. The average Bonchev–Trinajstić information content (AvgIpc) is 2.06. The van der Waals surface area contributed by atoms with Gasteiger partial charge in [-0.05, 0) is 19.1 Å². The van der Waals surface area contributed by atoms with Crippen molar-refractivity contribution in [2.24, 2.45) is 0 Å². The minimum Gasteiger partial charge on any atom is -0.744 e. The van der Waals surface area contributed by atoms with E-state index in [1.165, 1.54) is 24.3 Å². The van der Waals surface area contributed by atoms with Crippen molar-refractivity contribution in [2.45, 2.75) is 11.8 Å². The summed E-state index contributed by atoms with van der Waals surface area (Å²) >= 11 is 0. The maximum atomic E-state index is 10.3. The molecule has 0 aliphatic heterocycles. The largest absolute Gasteiger partial charge is 1.00 e. The molecule has 0 heterocycles. The smallest absolute Gasteiger partial charge is 0.744 e. The van der Waals surface area contributed by atoms with E-state index < -0.39 is 10.1 Å². The summed E-state index contributed by atoms with van der Waals surface area (Å²) in [6, 6.07) is 7.19. The molecular formula is C9H11NaO3S. The van der Waals surface area contributed by atoms with Gasteiger partial charge < -0.3 is 4.55 Å². The molecule has 0 aromatic heterocycles. The van der Waals surface area contributed by atoms with Gasteiger partial charge in [-0.3, -0.25) is 0 Å². The molecule has 0 saturated carbocycles. The molecule has 0 atom stereocenters. The van der Waals surface area contributed by atoms with Crippen LogP contribution in [0, 0.1) is 0 Å². The molecule has 0 fully saturated rings. The van der Waals surface area contributed by atoms with Crippen molar-refractivity contribution in [1.29, 1.82) is 0 Å². The van der Waals surface area contributed by atoms with Crippen LogP contribution in [0.25, 0.3) is 0 Å². The van der Waals surface area contributed by atoms with Gasteiger partial charge in [-0.1, -0.05) is 24.3 Å². The second kappa shape index (κ2) is 8.20. The summed E-state index contributed by atoms with van der Waals surface area (Å²) in [5, 5.41) is 0. The fourth-order valence-corrected chi connectivity index (χ4v) is 1.08. The van der Waals surface area contributed by atoms with Gasteiger partial charge in [0.05, 0.1) is 4.90 Å². The predicted octanol–water partition coefficient (Wildman–Crippen LogP) is -1.21. The molecule has 72 valence electrons. The standard InChI is InChI=1S/C6H6O3S.C3H6.Na/c7-10(8,9)6-4-2-1-3-5-6;1-3-2;/h1-5H,(H,7,8,9);3H,1H2,2H3;/q;;+1/p-1. The van der Waals surface area contributed by atoms with E-state index in [9.17, 15) is 13.0 Å². The van der Waals surface area contributed by atoms with Crippen LogP contribution in [0.3, 0.4) is 0 Å². The number of hydrogen-bond donors (Lipinski definition) is 0. The molecule has 0 bridgehead atoms. The van der Waals surface area contributed by atoms with E-state index >= 15 is 0 Å². The van der Waals surface area contributed by atoms with E-state index in [1.807, 2.05) is 6.92 Å². The topological polar surface area (TPSA) is 57.2 Å². The van der Waals surface area contributed by atoms with Crippen molar-refractivity contribution in [3.05, 3.63) is 43.0 Å². The molecular weight excluding hydrogens is 211 g/mol. The minimum atomic E-state index is -4.25. The molecule has 3 nitrogen and oxygen atoms in total. The van der Waals surface area contributed by atoms with Crippen LogP contribution in [0.15, 0.2) is 47.9 Å². The molecule has 0 unspecified atom stereocenters. The number of benzene rings is 1. The normalized spacial score (nSPS) is 9.00. The Morgan fingerprint density at radius 1 is 1.29 bits per heavy atom. The second-order valence-electron chi connectivity index (χ2n) is 2.18. The Morgan fingerprint density at radius 3 is 1.86 bits per heavy atom. The van der Waals surface area contributed by atoms with E-state index in [0.29, 0.717) is 0 Å². The Balaban J connectivity index is 0. The first-order chi connectivity index (χ1) is 6.02. The first-order valence-electron chi connectivity index (χ1n) is 3.60. The number of rotatable bonds is 1. The minimum absolute atomic E-state index is 0. The Morgan fingerprint density at radius 2 is 1.64 bits per heavy atom. The van der Waals surface area contributed by atoms with Gasteiger partial charge in [0.15, 0.2) is 0 Å². The second-order valence-corrected chi connectivity index (χ2v) is 3.56. The molecule has 5 heteroatoms. The van der Waals surface area contributed by atoms with E-state index in [0.717, 1.165) is 0 Å². The monoisotopic (exact) mass is 222 g/mol. The van der Waals surface area contributed by atoms with Crippen LogP contribution in [0.1, 0.15) is 6.92 Å². The maximum Gasteiger partial charge on any atom is 1.00 e. The first-order valence-corrected chi connectivity index (χ1v) is 5.01. The number of allylic oxidation sites excluding steroid dienone is 1. The Labute approximate surface area is 107 Å². The molecule has 1 aromatic carbocycles. The molecule has 0 aliphatic carbocycles. The van der Waals surface area contributed by atoms with Crippen LogP contribution in [0.2, 0.25) is 0 Å². The summed E-state index contributed by atoms with van der Waals surface area (Å²) in [4.78, 5) is -0.185. The Bertz CT molecular complexity index is 346. The molecule has 0 amide bonds. The molecule has 0 aliphatic rings. The average molecular weight is 222 g/mol. The zero-order chi connectivity index (χ0) is 10.3. The molecule has 1 aromatic rings. The van der Waals surface area contributed by atoms with Gasteiger partial charge in [-0.15, -0.1) is 6.58 Å². The summed E-state index contributed by atoms with van der Waals surface area (Å²) in [5.41, 5.74) is 0. The predicted molar refractivity (Wildman–Crippen MR) is 50.3 cm³/mol. The van der Waals surface area contributed by atoms with Crippen molar-refractivity contribution < 1.29 is 42.5 Å². The van der Waals surface area contributed by atoms with Crippen LogP contribution in [0.5, 0.6) is 0 Å². The fraction of sp³-hybridized carbons (Fsp3) is 0.111. The van der Waals surface area contributed by atoms with Crippen LogP contribution in [-0.2, 0) is 10.1 Å². The quantitative estimate of drug-likeness (QED) is 0.340. The van der Waals surface area contributed by atoms with Gasteiger partial charge >= 0.3 is 29.6 Å². The van der Waals surface area contributed by atoms with Gasteiger partial charge in [-0.25, -0.2) is 8.42 Å². The van der Waals surface area contributed by atoms with Crippen molar-refractivity contribution in [1.82, 2.24) is 0 Å². The number of hydrogen-bond acceptors (Lipinski definition) is 3. The van der Waals surface area contributed by atoms with Gasteiger partial charge in [-0.2, -0.15) is 0 Å². The fourth-order valence-electron chi connectivity index (χ4n) is 0.587. The Kier molecular flexibility index (Phi) is 9.55. The molecule has 1 rings (SSSR count). The van der Waals surface area contributed by atoms with Crippen molar-refractivity contribution in [3.63, 3.8) is 0 Å². The van der Waals surface area contributed by atoms with Crippen LogP contribution in [-0.4, -0.2) is 13.0 Å². The van der Waals surface area contributed by atoms with E-state index in [2.05, 4.69) is 6.58 Å². The third-order valence-electron chi connectivity index (χ3n) is 1.03. The van der Waals surface area contributed by atoms with Crippen molar-refractivity contribution >= 4 is 10.1 Å². The third-order valence-corrected chi connectivity index (χ3v) is 1.88. The van der Waals surface area contributed by atoms with Crippen molar-refractivity contribution in [3.8, 4) is 0 Å². The van der Waals surface area contributed by atoms with E-state index in [-0.39, 0.29) is 34.5 Å². The maximum absolute atomic E-state index is 10.3. The molecule has 14 heavy (non-hydrogen) atoms. The molecule has 0 radical (unpaired) electrons.